The lowest BCUT2D eigenvalue weighted by Gasteiger charge is -2.33. The van der Waals surface area contributed by atoms with Crippen molar-refractivity contribution in [2.75, 3.05) is 22.5 Å². The van der Waals surface area contributed by atoms with Crippen LogP contribution in [-0.4, -0.2) is 38.6 Å². The van der Waals surface area contributed by atoms with Crippen molar-refractivity contribution in [3.8, 4) is 5.75 Å². The van der Waals surface area contributed by atoms with Gasteiger partial charge in [-0.1, -0.05) is 19.1 Å². The van der Waals surface area contributed by atoms with Gasteiger partial charge in [0, 0.05) is 12.6 Å². The number of rotatable bonds is 4. The molecule has 1 aliphatic rings. The normalized spacial score (nSPS) is 16.2. The van der Waals surface area contributed by atoms with Gasteiger partial charge in [-0.25, -0.2) is 8.42 Å². The molecule has 1 N–H and O–H groups in total. The Bertz CT molecular complexity index is 970. The van der Waals surface area contributed by atoms with Crippen LogP contribution in [0.3, 0.4) is 0 Å². The van der Waals surface area contributed by atoms with E-state index < -0.39 is 21.8 Å². The second-order valence-corrected chi connectivity index (χ2v) is 8.40. The molecule has 0 bridgehead atoms. The number of hydrogen-bond donors (Lipinski definition) is 1. The molecule has 27 heavy (non-hydrogen) atoms. The molecule has 1 aliphatic heterocycles. The molecule has 0 spiro atoms. The molecule has 0 unspecified atom stereocenters. The lowest BCUT2D eigenvalue weighted by molar-refractivity contribution is -0.123. The molecule has 0 aromatic heterocycles. The maximum absolute atomic E-state index is 12.6. The van der Waals surface area contributed by atoms with Crippen LogP contribution in [0.1, 0.15) is 13.8 Å². The van der Waals surface area contributed by atoms with Gasteiger partial charge in [0.25, 0.3) is 5.91 Å². The van der Waals surface area contributed by atoms with E-state index in [9.17, 15) is 18.0 Å². The highest BCUT2D eigenvalue weighted by Gasteiger charge is 2.32. The molecule has 0 saturated heterocycles. The average molecular weight is 388 g/mol. The van der Waals surface area contributed by atoms with E-state index in [2.05, 4.69) is 5.32 Å². The predicted molar refractivity (Wildman–Crippen MR) is 102 cm³/mol. The number of nitrogens with one attached hydrogen (secondary N) is 1. The molecule has 1 atom stereocenters. The van der Waals surface area contributed by atoms with Crippen LogP contribution in [0, 0.1) is 0 Å². The van der Waals surface area contributed by atoms with Crippen LogP contribution < -0.4 is 15.0 Å². The molecule has 0 saturated carbocycles. The number of carbonyl (C=O) groups is 2. The Kier molecular flexibility index (Phi) is 5.18. The summed E-state index contributed by atoms with van der Waals surface area (Å²) in [6, 6.07) is 13.0. The molecular formula is C19H20N2O5S. The number of sulfone groups is 1. The third-order valence-corrected chi connectivity index (χ3v) is 6.06. The van der Waals surface area contributed by atoms with Gasteiger partial charge in [0.2, 0.25) is 5.91 Å². The molecule has 2 aromatic rings. The molecule has 0 radical (unpaired) electrons. The summed E-state index contributed by atoms with van der Waals surface area (Å²) >= 11 is 0. The fourth-order valence-electron chi connectivity index (χ4n) is 2.80. The van der Waals surface area contributed by atoms with E-state index in [0.717, 1.165) is 0 Å². The zero-order valence-electron chi connectivity index (χ0n) is 15.0. The van der Waals surface area contributed by atoms with Crippen molar-refractivity contribution in [3.63, 3.8) is 0 Å². The maximum atomic E-state index is 12.6. The maximum Gasteiger partial charge on any atom is 0.267 e. The lowest BCUT2D eigenvalue weighted by Crippen LogP contribution is -2.48. The minimum absolute atomic E-state index is 0.00884. The first-order valence-electron chi connectivity index (χ1n) is 8.49. The Morgan fingerprint density at radius 1 is 1.15 bits per heavy atom. The fraction of sp³-hybridized carbons (Fsp3) is 0.263. The molecule has 2 amide bonds. The van der Waals surface area contributed by atoms with E-state index >= 15 is 0 Å². The number of amides is 2. The average Bonchev–Trinajstić information content (AvgIpc) is 2.67. The number of ether oxygens (including phenoxy) is 1. The Morgan fingerprint density at radius 3 is 2.44 bits per heavy atom. The third kappa shape index (κ3) is 3.95. The molecule has 8 heteroatoms. The van der Waals surface area contributed by atoms with E-state index in [-0.39, 0.29) is 23.1 Å². The van der Waals surface area contributed by atoms with Crippen LogP contribution in [-0.2, 0) is 19.4 Å². The van der Waals surface area contributed by atoms with Gasteiger partial charge in [-0.15, -0.1) is 0 Å². The van der Waals surface area contributed by atoms with Crippen molar-refractivity contribution in [3.05, 3.63) is 48.5 Å². The number of nitrogens with zero attached hydrogens (tertiary/aromatic N) is 1. The second-order valence-electron chi connectivity index (χ2n) is 6.12. The Morgan fingerprint density at radius 2 is 1.81 bits per heavy atom. The summed E-state index contributed by atoms with van der Waals surface area (Å²) in [6.07, 6.45) is -0.872. The van der Waals surface area contributed by atoms with Gasteiger partial charge < -0.3 is 15.0 Å². The third-order valence-electron chi connectivity index (χ3n) is 4.31. The van der Waals surface area contributed by atoms with Crippen molar-refractivity contribution in [1.29, 1.82) is 0 Å². The van der Waals surface area contributed by atoms with Crippen molar-refractivity contribution in [1.82, 2.24) is 0 Å². The first-order chi connectivity index (χ1) is 12.8. The number of benzene rings is 2. The second kappa shape index (κ2) is 7.40. The minimum atomic E-state index is -3.30. The molecule has 0 fully saturated rings. The zero-order valence-corrected chi connectivity index (χ0v) is 15.8. The van der Waals surface area contributed by atoms with E-state index in [4.69, 9.17) is 4.74 Å². The first kappa shape index (κ1) is 18.9. The first-order valence-corrected chi connectivity index (χ1v) is 10.1. The van der Waals surface area contributed by atoms with Crippen molar-refractivity contribution >= 4 is 33.0 Å². The monoisotopic (exact) mass is 388 g/mol. The summed E-state index contributed by atoms with van der Waals surface area (Å²) in [5, 5.41) is 2.70. The van der Waals surface area contributed by atoms with Crippen LogP contribution in [0.2, 0.25) is 0 Å². The molecule has 7 nitrogen and oxygen atoms in total. The zero-order chi connectivity index (χ0) is 19.6. The number of hydrogen-bond acceptors (Lipinski definition) is 5. The summed E-state index contributed by atoms with van der Waals surface area (Å²) in [5.41, 5.74) is 1.08. The van der Waals surface area contributed by atoms with Crippen LogP contribution in [0.4, 0.5) is 11.4 Å². The number of carbonyl (C=O) groups excluding carboxylic acids is 2. The quantitative estimate of drug-likeness (QED) is 0.867. The van der Waals surface area contributed by atoms with Crippen LogP contribution >= 0.6 is 0 Å². The van der Waals surface area contributed by atoms with Crippen LogP contribution in [0.25, 0.3) is 0 Å². The molecule has 3 rings (SSSR count). The molecule has 2 aromatic carbocycles. The molecular weight excluding hydrogens is 368 g/mol. The summed E-state index contributed by atoms with van der Waals surface area (Å²) in [4.78, 5) is 26.2. The molecule has 1 heterocycles. The smallest absolute Gasteiger partial charge is 0.267 e. The predicted octanol–water partition coefficient (Wildman–Crippen LogP) is 2.23. The van der Waals surface area contributed by atoms with Gasteiger partial charge in [-0.2, -0.15) is 0 Å². The van der Waals surface area contributed by atoms with E-state index in [0.29, 0.717) is 17.1 Å². The molecule has 0 aliphatic carbocycles. The summed E-state index contributed by atoms with van der Waals surface area (Å²) in [5.74, 6) is -0.127. The Hall–Kier alpha value is -2.87. The van der Waals surface area contributed by atoms with Gasteiger partial charge in [0.05, 0.1) is 22.9 Å². The SMILES string of the molecule is CCS(=O)(=O)c1ccc(NC(=O)[C@@H]2CN(C(C)=O)c3ccccc3O2)cc1. The topological polar surface area (TPSA) is 92.8 Å². The van der Waals surface area contributed by atoms with Gasteiger partial charge in [0.15, 0.2) is 15.9 Å². The van der Waals surface area contributed by atoms with Gasteiger partial charge in [0.1, 0.15) is 5.75 Å². The summed E-state index contributed by atoms with van der Waals surface area (Å²) < 4.78 is 29.4. The highest BCUT2D eigenvalue weighted by atomic mass is 32.2. The molecule has 142 valence electrons. The van der Waals surface area contributed by atoms with Crippen molar-refractivity contribution in [2.45, 2.75) is 24.8 Å². The number of anilines is 2. The van der Waals surface area contributed by atoms with Crippen LogP contribution in [0.5, 0.6) is 5.75 Å². The van der Waals surface area contributed by atoms with Gasteiger partial charge in [-0.05, 0) is 36.4 Å². The van der Waals surface area contributed by atoms with E-state index in [1.807, 2.05) is 0 Å². The highest BCUT2D eigenvalue weighted by Crippen LogP contribution is 2.33. The minimum Gasteiger partial charge on any atom is -0.476 e. The van der Waals surface area contributed by atoms with Crippen LogP contribution in [0.15, 0.2) is 53.4 Å². The van der Waals surface area contributed by atoms with Gasteiger partial charge >= 0.3 is 0 Å². The summed E-state index contributed by atoms with van der Waals surface area (Å²) in [7, 11) is -3.30. The summed E-state index contributed by atoms with van der Waals surface area (Å²) in [6.45, 7) is 3.11. The highest BCUT2D eigenvalue weighted by molar-refractivity contribution is 7.91. The lowest BCUT2D eigenvalue weighted by atomic mass is 10.1. The fourth-order valence-corrected chi connectivity index (χ4v) is 3.69. The standard InChI is InChI=1S/C19H20N2O5S/c1-3-27(24,25)15-10-8-14(9-11-15)20-19(23)18-12-21(13(2)22)16-6-4-5-7-17(16)26-18/h4-11,18H,3,12H2,1-2H3,(H,20,23)/t18-/m0/s1. The largest absolute Gasteiger partial charge is 0.476 e. The Labute approximate surface area is 157 Å². The Balaban J connectivity index is 1.76. The van der Waals surface area contributed by atoms with Crippen molar-refractivity contribution < 1.29 is 22.7 Å². The number of fused-ring (bicyclic) bond motifs is 1. The van der Waals surface area contributed by atoms with E-state index in [1.165, 1.54) is 36.1 Å². The van der Waals surface area contributed by atoms with E-state index in [1.54, 1.807) is 31.2 Å². The van der Waals surface area contributed by atoms with Gasteiger partial charge in [-0.3, -0.25) is 9.59 Å². The number of para-hydroxylation sites is 2. The van der Waals surface area contributed by atoms with Crippen molar-refractivity contribution in [2.24, 2.45) is 0 Å².